The van der Waals surface area contributed by atoms with Gasteiger partial charge in [-0.2, -0.15) is 0 Å². The molecular weight excluding hydrogens is 454 g/mol. The van der Waals surface area contributed by atoms with Crippen LogP contribution in [0.25, 0.3) is 15.8 Å². The Morgan fingerprint density at radius 2 is 1.89 bits per heavy atom. The van der Waals surface area contributed by atoms with Gasteiger partial charge in [0.05, 0.1) is 16.8 Å². The summed E-state index contributed by atoms with van der Waals surface area (Å²) < 4.78 is 6.34. The van der Waals surface area contributed by atoms with Gasteiger partial charge in [0.15, 0.2) is 5.13 Å². The van der Waals surface area contributed by atoms with Crippen LogP contribution in [0.4, 0.5) is 10.9 Å². The number of rotatable bonds is 9. The largest absolute Gasteiger partial charge is 0.383 e. The minimum Gasteiger partial charge on any atom is -0.383 e. The van der Waals surface area contributed by atoms with Gasteiger partial charge in [0.1, 0.15) is 5.82 Å². The molecule has 188 valence electrons. The van der Waals surface area contributed by atoms with Gasteiger partial charge in [0.2, 0.25) is 0 Å². The Balaban J connectivity index is 0.00000108. The van der Waals surface area contributed by atoms with Gasteiger partial charge >= 0.3 is 0 Å². The van der Waals surface area contributed by atoms with Crippen LogP contribution < -0.4 is 5.32 Å². The van der Waals surface area contributed by atoms with Crippen molar-refractivity contribution in [2.45, 2.75) is 33.7 Å². The maximum absolute atomic E-state index is 5.19. The number of nitrogens with one attached hydrogen (secondary N) is 1. The lowest BCUT2D eigenvalue weighted by atomic mass is 10.1. The molecule has 0 radical (unpaired) electrons. The van der Waals surface area contributed by atoms with Crippen molar-refractivity contribution in [3.63, 3.8) is 0 Å². The first-order valence-corrected chi connectivity index (χ1v) is 13.3. The molecule has 7 heteroatoms. The monoisotopic (exact) mass is 493 g/mol. The second kappa shape index (κ2) is 14.1. The number of hydrogen-bond acceptors (Lipinski definition) is 7. The highest BCUT2D eigenvalue weighted by atomic mass is 32.1. The summed E-state index contributed by atoms with van der Waals surface area (Å²) >= 11 is 1.64. The van der Waals surface area contributed by atoms with Crippen LogP contribution in [0.1, 0.15) is 38.3 Å². The summed E-state index contributed by atoms with van der Waals surface area (Å²) in [6.45, 7) is 17.3. The molecule has 1 N–H and O–H groups in total. The first-order valence-electron chi connectivity index (χ1n) is 12.4. The highest BCUT2D eigenvalue weighted by molar-refractivity contribution is 7.22. The van der Waals surface area contributed by atoms with Crippen LogP contribution in [0.2, 0.25) is 0 Å². The molecule has 0 spiro atoms. The number of methoxy groups -OCH3 is 1. The maximum atomic E-state index is 5.19. The van der Waals surface area contributed by atoms with Crippen molar-refractivity contribution in [2.75, 3.05) is 51.8 Å². The Bertz CT molecular complexity index is 1100. The van der Waals surface area contributed by atoms with E-state index in [1.54, 1.807) is 18.4 Å². The molecule has 0 amide bonds. The minimum absolute atomic E-state index is 0.803. The smallest absolute Gasteiger partial charge is 0.189 e. The number of aromatic nitrogens is 2. The van der Waals surface area contributed by atoms with Gasteiger partial charge in [-0.15, -0.1) is 0 Å². The zero-order chi connectivity index (χ0) is 25.0. The third kappa shape index (κ3) is 7.97. The first-order chi connectivity index (χ1) is 17.1. The van der Waals surface area contributed by atoms with Crippen LogP contribution in [-0.2, 0) is 11.3 Å². The predicted octanol–water partition coefficient (Wildman–Crippen LogP) is 6.20. The third-order valence-electron chi connectivity index (χ3n) is 5.79. The minimum atomic E-state index is 0.803. The van der Waals surface area contributed by atoms with Gasteiger partial charge in [-0.1, -0.05) is 56.4 Å². The lowest BCUT2D eigenvalue weighted by Crippen LogP contribution is -2.46. The fourth-order valence-electron chi connectivity index (χ4n) is 3.96. The van der Waals surface area contributed by atoms with Gasteiger partial charge in [-0.3, -0.25) is 9.80 Å². The molecule has 35 heavy (non-hydrogen) atoms. The van der Waals surface area contributed by atoms with Crippen molar-refractivity contribution in [1.29, 1.82) is 0 Å². The number of anilines is 2. The second-order valence-corrected chi connectivity index (χ2v) is 9.67. The fraction of sp³-hybridized carbons (Fsp3) is 0.429. The number of nitrogens with zero attached hydrogens (tertiary/aromatic N) is 4. The summed E-state index contributed by atoms with van der Waals surface area (Å²) in [5.74, 6) is 0.834. The number of piperazine rings is 1. The number of fused-ring (bicyclic) bond motifs is 1. The molecule has 1 aliphatic rings. The summed E-state index contributed by atoms with van der Waals surface area (Å²) in [5.41, 5.74) is 4.54. The van der Waals surface area contributed by atoms with E-state index in [2.05, 4.69) is 76.9 Å². The molecule has 0 unspecified atom stereocenters. The normalized spacial score (nSPS) is 15.0. The van der Waals surface area contributed by atoms with E-state index < -0.39 is 0 Å². The van der Waals surface area contributed by atoms with Crippen molar-refractivity contribution in [3.05, 3.63) is 66.4 Å². The molecule has 2 aromatic heterocycles. The lowest BCUT2D eigenvalue weighted by Gasteiger charge is -2.34. The van der Waals surface area contributed by atoms with E-state index in [1.807, 2.05) is 19.2 Å². The Kier molecular flexibility index (Phi) is 10.9. The van der Waals surface area contributed by atoms with Crippen LogP contribution in [0, 0.1) is 0 Å². The Morgan fingerprint density at radius 3 is 2.57 bits per heavy atom. The highest BCUT2D eigenvalue weighted by Gasteiger charge is 2.17. The van der Waals surface area contributed by atoms with Gasteiger partial charge < -0.3 is 10.1 Å². The summed E-state index contributed by atoms with van der Waals surface area (Å²) in [4.78, 5) is 14.2. The molecule has 1 aromatic carbocycles. The van der Waals surface area contributed by atoms with E-state index in [9.17, 15) is 0 Å². The van der Waals surface area contributed by atoms with Crippen LogP contribution in [-0.4, -0.2) is 66.2 Å². The van der Waals surface area contributed by atoms with Crippen LogP contribution >= 0.6 is 11.3 Å². The number of allylic oxidation sites excluding steroid dienone is 3. The summed E-state index contributed by atoms with van der Waals surface area (Å²) in [6, 6.07) is 10.6. The number of ether oxygens (including phenoxy) is 1. The molecule has 3 heterocycles. The summed E-state index contributed by atoms with van der Waals surface area (Å²) in [7, 11) is 1.76. The molecule has 1 aliphatic heterocycles. The zero-order valence-corrected chi connectivity index (χ0v) is 22.4. The maximum Gasteiger partial charge on any atom is 0.189 e. The number of pyridine rings is 1. The Hall–Kier alpha value is -2.58. The van der Waals surface area contributed by atoms with Gasteiger partial charge in [-0.25, -0.2) is 9.97 Å². The van der Waals surface area contributed by atoms with Crippen molar-refractivity contribution in [2.24, 2.45) is 0 Å². The van der Waals surface area contributed by atoms with Crippen LogP contribution in [0.3, 0.4) is 0 Å². The second-order valence-electron chi connectivity index (χ2n) is 8.64. The summed E-state index contributed by atoms with van der Waals surface area (Å²) in [6.07, 6.45) is 7.08. The quantitative estimate of drug-likeness (QED) is 0.358. The average Bonchev–Trinajstić information content (AvgIpc) is 3.27. The van der Waals surface area contributed by atoms with Crippen LogP contribution in [0.5, 0.6) is 0 Å². The number of hydrogen-bond donors (Lipinski definition) is 1. The first kappa shape index (κ1) is 27.0. The topological polar surface area (TPSA) is 53.5 Å². The molecule has 6 nitrogen and oxygen atoms in total. The number of benzene rings is 1. The Labute approximate surface area is 214 Å². The fourth-order valence-corrected chi connectivity index (χ4v) is 4.87. The zero-order valence-electron chi connectivity index (χ0n) is 21.6. The van der Waals surface area contributed by atoms with E-state index in [0.717, 1.165) is 78.2 Å². The van der Waals surface area contributed by atoms with Gasteiger partial charge in [0.25, 0.3) is 0 Å². The van der Waals surface area contributed by atoms with E-state index in [4.69, 9.17) is 9.72 Å². The van der Waals surface area contributed by atoms with Crippen molar-refractivity contribution in [3.8, 4) is 0 Å². The standard InChI is InChI=1S/C25H31N5OS.C3H8/c1-4-20(5-2)21-6-7-22-23(17-21)32-25(27-22)28-24-16-19(8-9-26-24)18-30-12-10-29(11-13-30)14-15-31-3;1-3-2/h4-9,16-17H,1,10-15,18H2,2-3H3,(H,26,27,28);3H2,1-2H3/b20-5+;. The van der Waals surface area contributed by atoms with E-state index in [0.29, 0.717) is 0 Å². The molecule has 0 aliphatic carbocycles. The molecule has 0 bridgehead atoms. The number of thiazole rings is 1. The molecule has 0 saturated carbocycles. The molecule has 4 rings (SSSR count). The van der Waals surface area contributed by atoms with E-state index in [-0.39, 0.29) is 0 Å². The molecule has 0 atom stereocenters. The molecule has 3 aromatic rings. The van der Waals surface area contributed by atoms with Gasteiger partial charge in [-0.05, 0) is 47.9 Å². The van der Waals surface area contributed by atoms with Gasteiger partial charge in [0, 0.05) is 52.6 Å². The lowest BCUT2D eigenvalue weighted by molar-refractivity contribution is 0.0938. The SMILES string of the molecule is C=C/C(=C\C)c1ccc2nc(Nc3cc(CN4CCN(CCOC)CC4)ccn3)sc2c1.CCC. The molecule has 1 fully saturated rings. The van der Waals surface area contributed by atoms with Crippen molar-refractivity contribution in [1.82, 2.24) is 19.8 Å². The summed E-state index contributed by atoms with van der Waals surface area (Å²) in [5, 5.41) is 4.25. The van der Waals surface area contributed by atoms with E-state index >= 15 is 0 Å². The van der Waals surface area contributed by atoms with Crippen molar-refractivity contribution < 1.29 is 4.74 Å². The third-order valence-corrected chi connectivity index (χ3v) is 6.73. The molecular formula is C28H39N5OS. The van der Waals surface area contributed by atoms with E-state index in [1.165, 1.54) is 12.0 Å². The predicted molar refractivity (Wildman–Crippen MR) is 151 cm³/mol. The highest BCUT2D eigenvalue weighted by Crippen LogP contribution is 2.30. The van der Waals surface area contributed by atoms with Crippen LogP contribution in [0.15, 0.2) is 55.3 Å². The Morgan fingerprint density at radius 1 is 1.14 bits per heavy atom. The molecule has 1 saturated heterocycles. The average molecular weight is 494 g/mol. The van der Waals surface area contributed by atoms with Crippen molar-refractivity contribution >= 4 is 38.1 Å².